The van der Waals surface area contributed by atoms with Gasteiger partial charge in [0, 0.05) is 18.7 Å². The van der Waals surface area contributed by atoms with E-state index < -0.39 is 0 Å². The van der Waals surface area contributed by atoms with Crippen molar-refractivity contribution in [2.24, 2.45) is 5.92 Å². The Kier molecular flexibility index (Phi) is 7.75. The monoisotopic (exact) mass is 296 g/mol. The normalized spacial score (nSPS) is 10.7. The molecule has 0 saturated heterocycles. The summed E-state index contributed by atoms with van der Waals surface area (Å²) in [6.07, 6.45) is 1.00. The lowest BCUT2D eigenvalue weighted by Crippen LogP contribution is -2.32. The third-order valence-corrected chi connectivity index (χ3v) is 2.83. The molecule has 2 N–H and O–H groups in total. The number of hydrogen-bond donors (Lipinski definition) is 2. The van der Waals surface area contributed by atoms with Crippen LogP contribution >= 0.6 is 0 Å². The van der Waals surface area contributed by atoms with E-state index >= 15 is 0 Å². The Bertz CT molecular complexity index is 450. The van der Waals surface area contributed by atoms with E-state index in [2.05, 4.69) is 17.6 Å². The van der Waals surface area contributed by atoms with Gasteiger partial charge in [-0.05, 0) is 37.1 Å². The summed E-state index contributed by atoms with van der Waals surface area (Å²) < 4.78 is 18.8. The fourth-order valence-corrected chi connectivity index (χ4v) is 1.74. The molecule has 0 aromatic heterocycles. The number of ether oxygens (including phenoxy) is 1. The van der Waals surface area contributed by atoms with Gasteiger partial charge in [0.05, 0.1) is 0 Å². The Morgan fingerprint density at radius 3 is 2.81 bits per heavy atom. The molecule has 1 rings (SSSR count). The van der Waals surface area contributed by atoms with E-state index in [1.54, 1.807) is 6.07 Å². The molecular weight excluding hydrogens is 271 g/mol. The summed E-state index contributed by atoms with van der Waals surface area (Å²) in [6, 6.07) is 4.34. The second kappa shape index (κ2) is 9.34. The summed E-state index contributed by atoms with van der Waals surface area (Å²) in [5.74, 6) is 0.466. The van der Waals surface area contributed by atoms with Crippen molar-refractivity contribution in [3.63, 3.8) is 0 Å². The number of rotatable bonds is 9. The van der Waals surface area contributed by atoms with E-state index in [9.17, 15) is 9.18 Å². The molecular formula is C16H25FN2O2. The van der Waals surface area contributed by atoms with Crippen LogP contribution < -0.4 is 15.4 Å². The molecule has 118 valence electrons. The third-order valence-electron chi connectivity index (χ3n) is 2.83. The summed E-state index contributed by atoms with van der Waals surface area (Å²) in [5.41, 5.74) is 0.722. The van der Waals surface area contributed by atoms with Gasteiger partial charge >= 0.3 is 0 Å². The quantitative estimate of drug-likeness (QED) is 0.688. The van der Waals surface area contributed by atoms with Gasteiger partial charge in [0.1, 0.15) is 11.6 Å². The molecule has 0 saturated carbocycles. The molecule has 0 aliphatic carbocycles. The zero-order valence-corrected chi connectivity index (χ0v) is 13.0. The topological polar surface area (TPSA) is 50.4 Å². The highest BCUT2D eigenvalue weighted by molar-refractivity contribution is 5.77. The lowest BCUT2D eigenvalue weighted by Gasteiger charge is -2.13. The van der Waals surface area contributed by atoms with Crippen molar-refractivity contribution in [1.29, 1.82) is 0 Å². The molecule has 4 nitrogen and oxygen atoms in total. The standard InChI is InChI=1S/C16H25FN2O2/c1-4-7-18-10-13-8-14(17)5-6-15(13)21-11-16(20)19-9-12(2)3/h5-6,8,12,18H,4,7,9-11H2,1-3H3,(H,19,20). The smallest absolute Gasteiger partial charge is 0.257 e. The number of halogens is 1. The van der Waals surface area contributed by atoms with Gasteiger partial charge in [0.15, 0.2) is 6.61 Å². The largest absolute Gasteiger partial charge is 0.483 e. The lowest BCUT2D eigenvalue weighted by atomic mass is 10.2. The lowest BCUT2D eigenvalue weighted by molar-refractivity contribution is -0.123. The zero-order valence-electron chi connectivity index (χ0n) is 13.0. The minimum absolute atomic E-state index is 0.0564. The van der Waals surface area contributed by atoms with Crippen molar-refractivity contribution in [3.8, 4) is 5.75 Å². The molecule has 0 aliphatic rings. The SMILES string of the molecule is CCCNCc1cc(F)ccc1OCC(=O)NCC(C)C. The van der Waals surface area contributed by atoms with Crippen LogP contribution in [0.5, 0.6) is 5.75 Å². The number of carbonyl (C=O) groups is 1. The minimum atomic E-state index is -0.306. The van der Waals surface area contributed by atoms with Crippen LogP contribution in [0, 0.1) is 11.7 Å². The van der Waals surface area contributed by atoms with Gasteiger partial charge in [-0.2, -0.15) is 0 Å². The van der Waals surface area contributed by atoms with E-state index in [-0.39, 0.29) is 18.3 Å². The number of hydrogen-bond acceptors (Lipinski definition) is 3. The highest BCUT2D eigenvalue weighted by Gasteiger charge is 2.08. The van der Waals surface area contributed by atoms with Gasteiger partial charge in [0.25, 0.3) is 5.91 Å². The fourth-order valence-electron chi connectivity index (χ4n) is 1.74. The predicted octanol–water partition coefficient (Wildman–Crippen LogP) is 2.48. The number of carbonyl (C=O) groups excluding carboxylic acids is 1. The molecule has 0 fully saturated rings. The van der Waals surface area contributed by atoms with Crippen LogP contribution in [-0.2, 0) is 11.3 Å². The number of nitrogens with one attached hydrogen (secondary N) is 2. The van der Waals surface area contributed by atoms with Crippen LogP contribution in [0.25, 0.3) is 0 Å². The first-order valence-electron chi connectivity index (χ1n) is 7.41. The maximum atomic E-state index is 13.3. The average Bonchev–Trinajstić information content (AvgIpc) is 2.44. The van der Waals surface area contributed by atoms with E-state index in [4.69, 9.17) is 4.74 Å². The fraction of sp³-hybridized carbons (Fsp3) is 0.562. The molecule has 5 heteroatoms. The molecule has 1 amide bonds. The molecule has 0 spiro atoms. The molecule has 0 atom stereocenters. The minimum Gasteiger partial charge on any atom is -0.483 e. The molecule has 0 aliphatic heterocycles. The third kappa shape index (κ3) is 7.09. The Hall–Kier alpha value is -1.62. The Balaban J connectivity index is 2.54. The van der Waals surface area contributed by atoms with Crippen molar-refractivity contribution in [1.82, 2.24) is 10.6 Å². The van der Waals surface area contributed by atoms with Gasteiger partial charge < -0.3 is 15.4 Å². The van der Waals surface area contributed by atoms with E-state index in [0.29, 0.717) is 24.8 Å². The highest BCUT2D eigenvalue weighted by atomic mass is 19.1. The van der Waals surface area contributed by atoms with E-state index in [1.807, 2.05) is 13.8 Å². The van der Waals surface area contributed by atoms with Gasteiger partial charge in [0.2, 0.25) is 0 Å². The van der Waals surface area contributed by atoms with E-state index in [1.165, 1.54) is 12.1 Å². The first-order chi connectivity index (χ1) is 10.0. The van der Waals surface area contributed by atoms with Gasteiger partial charge in [-0.3, -0.25) is 4.79 Å². The summed E-state index contributed by atoms with van der Waals surface area (Å²) in [4.78, 5) is 11.6. The second-order valence-electron chi connectivity index (χ2n) is 5.42. The van der Waals surface area contributed by atoms with E-state index in [0.717, 1.165) is 18.5 Å². The maximum Gasteiger partial charge on any atom is 0.257 e. The second-order valence-corrected chi connectivity index (χ2v) is 5.42. The van der Waals surface area contributed by atoms with Crippen LogP contribution in [0.4, 0.5) is 4.39 Å². The van der Waals surface area contributed by atoms with Crippen LogP contribution in [0.2, 0.25) is 0 Å². The Labute approximate surface area is 126 Å². The van der Waals surface area contributed by atoms with Crippen LogP contribution in [-0.4, -0.2) is 25.6 Å². The molecule has 1 aromatic rings. The predicted molar refractivity (Wildman–Crippen MR) is 81.7 cm³/mol. The summed E-state index contributed by atoms with van der Waals surface area (Å²) in [6.45, 7) is 8.06. The van der Waals surface area contributed by atoms with Crippen molar-refractivity contribution in [2.75, 3.05) is 19.7 Å². The summed E-state index contributed by atoms with van der Waals surface area (Å²) in [7, 11) is 0. The summed E-state index contributed by atoms with van der Waals surface area (Å²) in [5, 5.41) is 5.98. The van der Waals surface area contributed by atoms with Gasteiger partial charge in [-0.25, -0.2) is 4.39 Å². The van der Waals surface area contributed by atoms with Crippen LogP contribution in [0.3, 0.4) is 0 Å². The Morgan fingerprint density at radius 1 is 1.38 bits per heavy atom. The molecule has 0 radical (unpaired) electrons. The summed E-state index contributed by atoms with van der Waals surface area (Å²) >= 11 is 0. The zero-order chi connectivity index (χ0) is 15.7. The Morgan fingerprint density at radius 2 is 2.14 bits per heavy atom. The molecule has 1 aromatic carbocycles. The molecule has 0 bridgehead atoms. The van der Waals surface area contributed by atoms with Crippen molar-refractivity contribution < 1.29 is 13.9 Å². The van der Waals surface area contributed by atoms with Crippen LogP contribution in [0.1, 0.15) is 32.8 Å². The van der Waals surface area contributed by atoms with Crippen molar-refractivity contribution in [3.05, 3.63) is 29.6 Å². The van der Waals surface area contributed by atoms with Crippen molar-refractivity contribution >= 4 is 5.91 Å². The highest BCUT2D eigenvalue weighted by Crippen LogP contribution is 2.19. The first-order valence-corrected chi connectivity index (χ1v) is 7.41. The average molecular weight is 296 g/mol. The number of amides is 1. The maximum absolute atomic E-state index is 13.3. The molecule has 0 unspecified atom stereocenters. The molecule has 21 heavy (non-hydrogen) atoms. The van der Waals surface area contributed by atoms with Crippen molar-refractivity contribution in [2.45, 2.75) is 33.7 Å². The first kappa shape index (κ1) is 17.4. The van der Waals surface area contributed by atoms with Gasteiger partial charge in [-0.15, -0.1) is 0 Å². The number of benzene rings is 1. The molecule has 0 heterocycles. The van der Waals surface area contributed by atoms with Gasteiger partial charge in [-0.1, -0.05) is 20.8 Å². The van der Waals surface area contributed by atoms with Crippen LogP contribution in [0.15, 0.2) is 18.2 Å².